The number of rotatable bonds is 10. The number of hydrogen-bond donors (Lipinski definition) is 1. The number of aromatic nitrogens is 2. The number of hydrogen-bond acceptors (Lipinski definition) is 5. The van der Waals surface area contributed by atoms with Gasteiger partial charge in [-0.3, -0.25) is 9.36 Å². The molecule has 0 amide bonds. The molecular formula is C24H38N4O3S. The van der Waals surface area contributed by atoms with Crippen molar-refractivity contribution in [1.29, 1.82) is 0 Å². The Labute approximate surface area is 194 Å². The summed E-state index contributed by atoms with van der Waals surface area (Å²) in [5.41, 5.74) is 2.75. The largest absolute Gasteiger partial charge is 0.486 e. The molecule has 1 saturated heterocycles. The number of ether oxygens (including phenoxy) is 1. The molecular weight excluding hydrogens is 424 g/mol. The summed E-state index contributed by atoms with van der Waals surface area (Å²) in [6.45, 7) is 9.57. The molecule has 0 spiro atoms. The highest BCUT2D eigenvalue weighted by Crippen LogP contribution is 2.27. The van der Waals surface area contributed by atoms with Gasteiger partial charge in [0.2, 0.25) is 5.75 Å². The van der Waals surface area contributed by atoms with Gasteiger partial charge in [0, 0.05) is 31.9 Å². The topological polar surface area (TPSA) is 76.5 Å². The molecule has 0 saturated carbocycles. The molecule has 2 aliphatic rings. The van der Waals surface area contributed by atoms with Crippen LogP contribution < -0.4 is 15.6 Å². The maximum absolute atomic E-state index is 13.0. The number of piperidine rings is 1. The molecule has 1 aromatic heterocycles. The second kappa shape index (κ2) is 11.9. The van der Waals surface area contributed by atoms with Gasteiger partial charge in [-0.05, 0) is 57.4 Å². The van der Waals surface area contributed by atoms with Crippen LogP contribution in [0.1, 0.15) is 58.7 Å². The Kier molecular flexibility index (Phi) is 9.25. The van der Waals surface area contributed by atoms with Crippen molar-refractivity contribution in [2.45, 2.75) is 72.0 Å². The number of nitrogens with one attached hydrogen (secondary N) is 1. The van der Waals surface area contributed by atoms with Crippen molar-refractivity contribution >= 4 is 11.0 Å². The summed E-state index contributed by atoms with van der Waals surface area (Å²) < 4.78 is 21.2. The van der Waals surface area contributed by atoms with Crippen molar-refractivity contribution in [3.05, 3.63) is 45.7 Å². The van der Waals surface area contributed by atoms with Crippen molar-refractivity contribution in [2.24, 2.45) is 5.92 Å². The monoisotopic (exact) mass is 462 g/mol. The zero-order valence-electron chi connectivity index (χ0n) is 19.9. The molecule has 7 nitrogen and oxygen atoms in total. The van der Waals surface area contributed by atoms with Crippen LogP contribution in [0.15, 0.2) is 34.3 Å². The standard InChI is InChI=1S/C24H38N4O3S/c1-5-7-8-20-14-21(13-18(20)3)25-16-23-26-15-22(24(29)28(23)6-2)31-17-19-9-11-27(12-10-19)32(4)30/h7-8,15,19,21,25H,5-6,9-14,16-17H2,1-4H3/b8-7-. The van der Waals surface area contributed by atoms with E-state index in [1.54, 1.807) is 17.0 Å². The van der Waals surface area contributed by atoms with E-state index in [1.807, 2.05) is 11.2 Å². The first-order valence-electron chi connectivity index (χ1n) is 11.8. The zero-order chi connectivity index (χ0) is 23.1. The quantitative estimate of drug-likeness (QED) is 0.578. The minimum atomic E-state index is -0.909. The van der Waals surface area contributed by atoms with Crippen LogP contribution in [0.4, 0.5) is 0 Å². The summed E-state index contributed by atoms with van der Waals surface area (Å²) in [7, 11) is -0.909. The fourth-order valence-electron chi connectivity index (χ4n) is 4.48. The third kappa shape index (κ3) is 6.39. The van der Waals surface area contributed by atoms with E-state index in [-0.39, 0.29) is 5.56 Å². The van der Waals surface area contributed by atoms with E-state index in [0.717, 1.165) is 51.0 Å². The van der Waals surface area contributed by atoms with Crippen LogP contribution >= 0.6 is 0 Å². The molecule has 1 aromatic rings. The summed E-state index contributed by atoms with van der Waals surface area (Å²) in [5, 5.41) is 3.58. The van der Waals surface area contributed by atoms with Gasteiger partial charge < -0.3 is 10.1 Å². The molecule has 3 rings (SSSR count). The summed E-state index contributed by atoms with van der Waals surface area (Å²) in [6.07, 6.45) is 12.7. The van der Waals surface area contributed by atoms with Crippen molar-refractivity contribution < 1.29 is 8.95 Å². The first-order chi connectivity index (χ1) is 15.4. The van der Waals surface area contributed by atoms with E-state index in [4.69, 9.17) is 4.74 Å². The van der Waals surface area contributed by atoms with Crippen LogP contribution in [-0.2, 0) is 24.1 Å². The Balaban J connectivity index is 1.55. The van der Waals surface area contributed by atoms with Crippen molar-refractivity contribution in [2.75, 3.05) is 26.0 Å². The van der Waals surface area contributed by atoms with Crippen LogP contribution in [-0.4, -0.2) is 50.1 Å². The smallest absolute Gasteiger partial charge is 0.295 e. The molecule has 2 atom stereocenters. The van der Waals surface area contributed by atoms with Crippen LogP contribution in [0.3, 0.4) is 0 Å². The fourth-order valence-corrected chi connectivity index (χ4v) is 5.20. The average Bonchev–Trinajstić information content (AvgIpc) is 3.15. The van der Waals surface area contributed by atoms with Gasteiger partial charge in [0.05, 0.1) is 30.3 Å². The number of nitrogens with zero attached hydrogens (tertiary/aromatic N) is 3. The lowest BCUT2D eigenvalue weighted by atomic mass is 9.99. The summed E-state index contributed by atoms with van der Waals surface area (Å²) in [4.78, 5) is 17.5. The average molecular weight is 463 g/mol. The van der Waals surface area contributed by atoms with Gasteiger partial charge in [0.1, 0.15) is 5.82 Å². The number of allylic oxidation sites excluding steroid dienone is 2. The first kappa shape index (κ1) is 24.9. The molecule has 1 N–H and O–H groups in total. The van der Waals surface area contributed by atoms with Crippen molar-refractivity contribution in [3.63, 3.8) is 0 Å². The Hall–Kier alpha value is -1.77. The molecule has 1 fully saturated rings. The third-order valence-corrected chi connectivity index (χ3v) is 7.59. The Bertz CT molecular complexity index is 916. The Morgan fingerprint density at radius 3 is 2.69 bits per heavy atom. The van der Waals surface area contributed by atoms with Gasteiger partial charge in [-0.2, -0.15) is 0 Å². The predicted molar refractivity (Wildman–Crippen MR) is 130 cm³/mol. The lowest BCUT2D eigenvalue weighted by molar-refractivity contribution is 0.185. The highest BCUT2D eigenvalue weighted by molar-refractivity contribution is 7.81. The minimum Gasteiger partial charge on any atom is -0.486 e. The molecule has 178 valence electrons. The van der Waals surface area contributed by atoms with Crippen molar-refractivity contribution in [3.8, 4) is 5.75 Å². The van der Waals surface area contributed by atoms with Gasteiger partial charge in [0.15, 0.2) is 0 Å². The molecule has 2 heterocycles. The van der Waals surface area contributed by atoms with E-state index in [9.17, 15) is 9.00 Å². The molecule has 1 aliphatic heterocycles. The molecule has 0 aromatic carbocycles. The lowest BCUT2D eigenvalue weighted by Gasteiger charge is -2.29. The van der Waals surface area contributed by atoms with Crippen molar-refractivity contribution in [1.82, 2.24) is 19.2 Å². The summed E-state index contributed by atoms with van der Waals surface area (Å²) >= 11 is 0. The van der Waals surface area contributed by atoms with Gasteiger partial charge in [0.25, 0.3) is 5.56 Å². The van der Waals surface area contributed by atoms with Gasteiger partial charge >= 0.3 is 0 Å². The summed E-state index contributed by atoms with van der Waals surface area (Å²) in [5.74, 6) is 1.45. The van der Waals surface area contributed by atoms with Crippen LogP contribution in [0.25, 0.3) is 0 Å². The SMILES string of the molecule is CC/C=C\C1=C(C)CC(NCc2ncc(OCC3CCN(S(C)=O)CC3)c(=O)n2CC)C1. The van der Waals surface area contributed by atoms with Crippen LogP contribution in [0.5, 0.6) is 5.75 Å². The second-order valence-corrected chi connectivity index (χ2v) is 10.2. The van der Waals surface area contributed by atoms with Crippen LogP contribution in [0.2, 0.25) is 0 Å². The molecule has 32 heavy (non-hydrogen) atoms. The molecule has 2 unspecified atom stereocenters. The molecule has 8 heteroatoms. The molecule has 0 radical (unpaired) electrons. The lowest BCUT2D eigenvalue weighted by Crippen LogP contribution is -2.37. The van der Waals surface area contributed by atoms with E-state index >= 15 is 0 Å². The van der Waals surface area contributed by atoms with Gasteiger partial charge in [-0.1, -0.05) is 24.6 Å². The molecule has 0 bridgehead atoms. The maximum Gasteiger partial charge on any atom is 0.295 e. The van der Waals surface area contributed by atoms with E-state index < -0.39 is 11.0 Å². The second-order valence-electron chi connectivity index (χ2n) is 8.80. The van der Waals surface area contributed by atoms with E-state index in [0.29, 0.717) is 37.4 Å². The third-order valence-electron chi connectivity index (χ3n) is 6.50. The predicted octanol–water partition coefficient (Wildman–Crippen LogP) is 3.18. The highest BCUT2D eigenvalue weighted by atomic mass is 32.2. The highest BCUT2D eigenvalue weighted by Gasteiger charge is 2.23. The maximum atomic E-state index is 13.0. The summed E-state index contributed by atoms with van der Waals surface area (Å²) in [6, 6.07) is 0.382. The van der Waals surface area contributed by atoms with Crippen LogP contribution in [0, 0.1) is 5.92 Å². The van der Waals surface area contributed by atoms with E-state index in [1.165, 1.54) is 11.1 Å². The minimum absolute atomic E-state index is 0.112. The first-order valence-corrected chi connectivity index (χ1v) is 13.3. The molecule has 1 aliphatic carbocycles. The van der Waals surface area contributed by atoms with Gasteiger partial charge in [-0.15, -0.1) is 0 Å². The Morgan fingerprint density at radius 2 is 2.03 bits per heavy atom. The van der Waals surface area contributed by atoms with Gasteiger partial charge in [-0.25, -0.2) is 13.5 Å². The fraction of sp³-hybridized carbons (Fsp3) is 0.667. The van der Waals surface area contributed by atoms with E-state index in [2.05, 4.69) is 36.3 Å². The Morgan fingerprint density at radius 1 is 1.28 bits per heavy atom. The zero-order valence-corrected chi connectivity index (χ0v) is 20.7. The normalized spacial score (nSPS) is 21.6.